The van der Waals surface area contributed by atoms with Crippen molar-refractivity contribution in [2.75, 3.05) is 126 Å². The molecule has 1 N–H and O–H groups in total. The van der Waals surface area contributed by atoms with Crippen molar-refractivity contribution < 1.29 is 61.1 Å². The lowest BCUT2D eigenvalue weighted by molar-refractivity contribution is -0.0243. The number of aryl methyl sites for hydroxylation is 1. The number of benzene rings is 1. The lowest BCUT2D eigenvalue weighted by Crippen LogP contribution is -2.15. The van der Waals surface area contributed by atoms with Crippen LogP contribution in [0.25, 0.3) is 0 Å². The maximum Gasteiger partial charge on any atom is 0.472 e. The molecule has 1 aromatic rings. The van der Waals surface area contributed by atoms with Gasteiger partial charge in [0, 0.05) is 0 Å². The average Bonchev–Trinajstić information content (AvgIpc) is 3.06. The van der Waals surface area contributed by atoms with Crippen LogP contribution in [0, 0.1) is 5.92 Å². The van der Waals surface area contributed by atoms with Crippen LogP contribution in [0.15, 0.2) is 24.3 Å². The molecule has 0 saturated carbocycles. The first-order valence-electron chi connectivity index (χ1n) is 17.4. The minimum atomic E-state index is -3.96. The minimum absolute atomic E-state index is 0.0322. The van der Waals surface area contributed by atoms with E-state index in [0.717, 1.165) is 18.1 Å². The highest BCUT2D eigenvalue weighted by Gasteiger charge is 2.19. The fourth-order valence-electron chi connectivity index (χ4n) is 4.08. The normalized spacial score (nSPS) is 12.9. The first-order chi connectivity index (χ1) is 23.4. The molecule has 1 unspecified atom stereocenters. The molecule has 48 heavy (non-hydrogen) atoms. The van der Waals surface area contributed by atoms with Crippen molar-refractivity contribution in [2.45, 2.75) is 52.9 Å². The van der Waals surface area contributed by atoms with E-state index in [-0.39, 0.29) is 19.8 Å². The summed E-state index contributed by atoms with van der Waals surface area (Å²) in [5.41, 5.74) is 1.37. The first kappa shape index (κ1) is 44.8. The minimum Gasteiger partial charge on any atom is -0.491 e. The number of hydrogen-bond acceptors (Lipinski definition) is 12. The molecule has 14 heteroatoms. The summed E-state index contributed by atoms with van der Waals surface area (Å²) in [7, 11) is -3.96. The highest BCUT2D eigenvalue weighted by molar-refractivity contribution is 7.47. The molecule has 0 fully saturated rings. The van der Waals surface area contributed by atoms with Gasteiger partial charge in [-0.1, -0.05) is 45.2 Å². The molecule has 282 valence electrons. The second-order valence-electron chi connectivity index (χ2n) is 11.1. The molecule has 0 spiro atoms. The Morgan fingerprint density at radius 3 is 1.33 bits per heavy atom. The smallest absolute Gasteiger partial charge is 0.472 e. The maximum absolute atomic E-state index is 11.3. The van der Waals surface area contributed by atoms with E-state index in [4.69, 9.17) is 47.2 Å². The SMILES string of the molecule is CCOP(=O)(O)OCCOCCOCCOCCOCCOCCOCCOCCOCCOc1ccc(CCCCCC(C)C)cc1. The number of phosphoric ester groups is 1. The summed E-state index contributed by atoms with van der Waals surface area (Å²) in [6, 6.07) is 8.39. The molecule has 0 radical (unpaired) electrons. The standard InChI is InChI=1S/C34H63O13P/c1-4-46-48(35,36)47-31-29-44-27-25-42-23-21-40-19-17-38-15-14-37-16-18-39-20-22-41-24-26-43-28-30-45-34-12-10-33(11-13-34)9-7-5-6-8-32(2)3/h10-13,32H,4-9,14-31H2,1-3H3,(H,35,36). The predicted molar refractivity (Wildman–Crippen MR) is 183 cm³/mol. The van der Waals surface area contributed by atoms with Crippen LogP contribution in [0.2, 0.25) is 0 Å². The van der Waals surface area contributed by atoms with E-state index in [9.17, 15) is 9.46 Å². The van der Waals surface area contributed by atoms with Crippen molar-refractivity contribution in [3.8, 4) is 5.75 Å². The Balaban J connectivity index is 1.72. The third kappa shape index (κ3) is 30.8. The van der Waals surface area contributed by atoms with Crippen molar-refractivity contribution in [2.24, 2.45) is 5.92 Å². The van der Waals surface area contributed by atoms with E-state index in [0.29, 0.717) is 106 Å². The van der Waals surface area contributed by atoms with Gasteiger partial charge < -0.3 is 47.5 Å². The molecule has 0 bridgehead atoms. The quantitative estimate of drug-likeness (QED) is 0.0724. The zero-order valence-electron chi connectivity index (χ0n) is 29.7. The van der Waals surface area contributed by atoms with Crippen LogP contribution in [0.1, 0.15) is 52.0 Å². The summed E-state index contributed by atoms with van der Waals surface area (Å²) in [5, 5.41) is 0. The molecule has 13 nitrogen and oxygen atoms in total. The number of rotatable bonds is 37. The fourth-order valence-corrected chi connectivity index (χ4v) is 4.79. The van der Waals surface area contributed by atoms with Crippen LogP contribution < -0.4 is 4.74 Å². The van der Waals surface area contributed by atoms with Gasteiger partial charge in [0.2, 0.25) is 0 Å². The average molecular weight is 711 g/mol. The number of ether oxygens (including phenoxy) is 9. The van der Waals surface area contributed by atoms with Gasteiger partial charge in [-0.25, -0.2) is 4.57 Å². The molecule has 1 aromatic carbocycles. The molecule has 0 saturated heterocycles. The van der Waals surface area contributed by atoms with Gasteiger partial charge in [-0.3, -0.25) is 9.05 Å². The number of unbranched alkanes of at least 4 members (excludes halogenated alkanes) is 2. The van der Waals surface area contributed by atoms with Crippen molar-refractivity contribution in [1.82, 2.24) is 0 Å². The number of hydrogen-bond donors (Lipinski definition) is 1. The van der Waals surface area contributed by atoms with Gasteiger partial charge in [0.05, 0.1) is 119 Å². The Morgan fingerprint density at radius 1 is 0.542 bits per heavy atom. The summed E-state index contributed by atoms with van der Waals surface area (Å²) in [4.78, 5) is 9.24. The summed E-state index contributed by atoms with van der Waals surface area (Å²) in [6.45, 7) is 14.0. The van der Waals surface area contributed by atoms with Crippen molar-refractivity contribution >= 4 is 7.82 Å². The zero-order chi connectivity index (χ0) is 34.8. The topological polar surface area (TPSA) is 139 Å². The van der Waals surface area contributed by atoms with Crippen molar-refractivity contribution in [1.29, 1.82) is 0 Å². The molecule has 0 amide bonds. The van der Waals surface area contributed by atoms with Gasteiger partial charge in [-0.05, 0) is 43.4 Å². The lowest BCUT2D eigenvalue weighted by Gasteiger charge is -2.11. The monoisotopic (exact) mass is 710 g/mol. The van der Waals surface area contributed by atoms with E-state index in [1.165, 1.54) is 31.2 Å². The fraction of sp³-hybridized carbons (Fsp3) is 0.824. The second-order valence-corrected chi connectivity index (χ2v) is 12.6. The van der Waals surface area contributed by atoms with Crippen LogP contribution in [0.4, 0.5) is 0 Å². The molecule has 0 aliphatic heterocycles. The number of phosphoric acid groups is 1. The second kappa shape index (κ2) is 33.0. The van der Waals surface area contributed by atoms with E-state index >= 15 is 0 Å². The van der Waals surface area contributed by atoms with E-state index in [1.807, 2.05) is 12.1 Å². The third-order valence-electron chi connectivity index (χ3n) is 6.55. The van der Waals surface area contributed by atoms with Crippen LogP contribution in [-0.4, -0.2) is 130 Å². The lowest BCUT2D eigenvalue weighted by atomic mass is 10.0. The molecule has 0 aromatic heterocycles. The highest BCUT2D eigenvalue weighted by Crippen LogP contribution is 2.42. The van der Waals surface area contributed by atoms with Crippen LogP contribution >= 0.6 is 7.82 Å². The van der Waals surface area contributed by atoms with Gasteiger partial charge in [0.25, 0.3) is 0 Å². The van der Waals surface area contributed by atoms with Crippen LogP contribution in [0.5, 0.6) is 5.75 Å². The Hall–Kier alpha value is -1.19. The Kier molecular flexibility index (Phi) is 30.8. The molecule has 1 rings (SSSR count). The van der Waals surface area contributed by atoms with E-state index in [1.54, 1.807) is 6.92 Å². The molecule has 0 aliphatic carbocycles. The van der Waals surface area contributed by atoms with E-state index in [2.05, 4.69) is 30.5 Å². The molecular weight excluding hydrogens is 647 g/mol. The zero-order valence-corrected chi connectivity index (χ0v) is 30.5. The van der Waals surface area contributed by atoms with Crippen LogP contribution in [0.3, 0.4) is 0 Å². The largest absolute Gasteiger partial charge is 0.491 e. The Labute approximate surface area is 288 Å². The summed E-state index contributed by atoms with van der Waals surface area (Å²) in [5.74, 6) is 1.67. The van der Waals surface area contributed by atoms with Crippen molar-refractivity contribution in [3.63, 3.8) is 0 Å². The Bertz CT molecular complexity index is 860. The van der Waals surface area contributed by atoms with Crippen LogP contribution in [-0.2, 0) is 57.9 Å². The summed E-state index contributed by atoms with van der Waals surface area (Å²) >= 11 is 0. The molecular formula is C34H63O13P. The molecule has 1 atom stereocenters. The van der Waals surface area contributed by atoms with Gasteiger partial charge in [0.1, 0.15) is 12.4 Å². The van der Waals surface area contributed by atoms with Gasteiger partial charge >= 0.3 is 7.82 Å². The van der Waals surface area contributed by atoms with Gasteiger partial charge in [0.15, 0.2) is 0 Å². The predicted octanol–water partition coefficient (Wildman–Crippen LogP) is 5.11. The molecule has 0 aliphatic rings. The molecule has 0 heterocycles. The Morgan fingerprint density at radius 2 is 0.938 bits per heavy atom. The first-order valence-corrected chi connectivity index (χ1v) is 18.9. The third-order valence-corrected chi connectivity index (χ3v) is 7.64. The van der Waals surface area contributed by atoms with E-state index < -0.39 is 7.82 Å². The van der Waals surface area contributed by atoms with Gasteiger partial charge in [-0.15, -0.1) is 0 Å². The summed E-state index contributed by atoms with van der Waals surface area (Å²) < 4.78 is 69.9. The van der Waals surface area contributed by atoms with Gasteiger partial charge in [-0.2, -0.15) is 0 Å². The van der Waals surface area contributed by atoms with Crippen molar-refractivity contribution in [3.05, 3.63) is 29.8 Å². The maximum atomic E-state index is 11.3. The summed E-state index contributed by atoms with van der Waals surface area (Å²) in [6.07, 6.45) is 6.31. The highest BCUT2D eigenvalue weighted by atomic mass is 31.2.